The van der Waals surface area contributed by atoms with E-state index in [4.69, 9.17) is 14.6 Å². The van der Waals surface area contributed by atoms with Gasteiger partial charge in [0.15, 0.2) is 17.1 Å². The Hall–Kier alpha value is -3.70. The highest BCUT2D eigenvalue weighted by Crippen LogP contribution is 2.42. The van der Waals surface area contributed by atoms with E-state index in [0.717, 1.165) is 24.1 Å². The van der Waals surface area contributed by atoms with E-state index in [2.05, 4.69) is 4.98 Å². The summed E-state index contributed by atoms with van der Waals surface area (Å²) in [5.74, 6) is -4.61. The van der Waals surface area contributed by atoms with E-state index in [0.29, 0.717) is 29.1 Å². The van der Waals surface area contributed by atoms with Crippen molar-refractivity contribution < 1.29 is 46.5 Å². The minimum Gasteiger partial charge on any atom is -0.485 e. The van der Waals surface area contributed by atoms with Gasteiger partial charge in [0.05, 0.1) is 11.3 Å². The van der Waals surface area contributed by atoms with Crippen LogP contribution in [-0.4, -0.2) is 37.7 Å². The number of rotatable bonds is 6. The van der Waals surface area contributed by atoms with Crippen molar-refractivity contribution in [3.05, 3.63) is 63.6 Å². The molecule has 7 nitrogen and oxygen atoms in total. The van der Waals surface area contributed by atoms with Crippen LogP contribution in [0.4, 0.5) is 22.0 Å². The Kier molecular flexibility index (Phi) is 7.56. The normalized spacial score (nSPS) is 13.3. The minimum atomic E-state index is -5.08. The molecule has 36 heavy (non-hydrogen) atoms. The summed E-state index contributed by atoms with van der Waals surface area (Å²) in [6.07, 6.45) is -2.66. The molecular formula is C24H23F5N2O5. The number of imidazole rings is 1. The Morgan fingerprint density at radius 2 is 1.78 bits per heavy atom. The molecule has 1 aliphatic rings. The highest BCUT2D eigenvalue weighted by Gasteiger charge is 2.38. The standard InChI is InChI=1S/C22H22F2N2O3.C2HF3O2/c1-4-17-11(2)9-18(21-25-12(3)20(22(27)28)26(17)21)29-10-15-16(23)8-7-14(19(15)24)13-5-6-13;3-2(4,5)1(6)7/h7-9,13H,4-6,10H2,1-3H3,(H,27,28);(H,6,7). The molecule has 1 saturated carbocycles. The van der Waals surface area contributed by atoms with Gasteiger partial charge in [0.1, 0.15) is 18.2 Å². The molecular weight excluding hydrogens is 491 g/mol. The van der Waals surface area contributed by atoms with Crippen LogP contribution in [0.1, 0.15) is 64.2 Å². The van der Waals surface area contributed by atoms with E-state index in [9.17, 15) is 31.9 Å². The second-order valence-electron chi connectivity index (χ2n) is 8.30. The van der Waals surface area contributed by atoms with Gasteiger partial charge in [0, 0.05) is 5.69 Å². The lowest BCUT2D eigenvalue weighted by Crippen LogP contribution is -2.21. The Morgan fingerprint density at radius 3 is 2.28 bits per heavy atom. The molecule has 1 aromatic carbocycles. The Morgan fingerprint density at radius 1 is 1.17 bits per heavy atom. The van der Waals surface area contributed by atoms with Crippen LogP contribution in [0, 0.1) is 25.5 Å². The quantitative estimate of drug-likeness (QED) is 0.417. The monoisotopic (exact) mass is 514 g/mol. The van der Waals surface area contributed by atoms with Crippen LogP contribution in [-0.2, 0) is 17.8 Å². The topological polar surface area (TPSA) is 101 Å². The lowest BCUT2D eigenvalue weighted by Gasteiger charge is -2.15. The molecule has 0 atom stereocenters. The number of carboxylic acid groups (broad SMARTS) is 2. The summed E-state index contributed by atoms with van der Waals surface area (Å²) in [5, 5.41) is 16.7. The predicted molar refractivity (Wildman–Crippen MR) is 117 cm³/mol. The number of nitrogens with zero attached hydrogens (tertiary/aromatic N) is 2. The summed E-state index contributed by atoms with van der Waals surface area (Å²) in [4.78, 5) is 25.0. The summed E-state index contributed by atoms with van der Waals surface area (Å²) < 4.78 is 68.2. The zero-order valence-corrected chi connectivity index (χ0v) is 19.5. The zero-order chi connectivity index (χ0) is 26.9. The van der Waals surface area contributed by atoms with Gasteiger partial charge in [0.25, 0.3) is 0 Å². The Balaban J connectivity index is 0.000000454. The molecule has 12 heteroatoms. The van der Waals surface area contributed by atoms with E-state index in [1.807, 2.05) is 13.8 Å². The fourth-order valence-corrected chi connectivity index (χ4v) is 3.88. The lowest BCUT2D eigenvalue weighted by molar-refractivity contribution is -0.192. The van der Waals surface area contributed by atoms with Crippen molar-refractivity contribution in [2.75, 3.05) is 0 Å². The fraction of sp³-hybridized carbons (Fsp3) is 0.375. The van der Waals surface area contributed by atoms with Gasteiger partial charge in [-0.1, -0.05) is 13.0 Å². The van der Waals surface area contributed by atoms with Crippen molar-refractivity contribution in [3.63, 3.8) is 0 Å². The van der Waals surface area contributed by atoms with Gasteiger partial charge in [-0.25, -0.2) is 23.4 Å². The van der Waals surface area contributed by atoms with Crippen LogP contribution in [0.5, 0.6) is 5.75 Å². The number of aliphatic carboxylic acids is 1. The van der Waals surface area contributed by atoms with E-state index in [1.54, 1.807) is 17.4 Å². The summed E-state index contributed by atoms with van der Waals surface area (Å²) in [7, 11) is 0. The third kappa shape index (κ3) is 5.42. The Labute approximate surface area is 202 Å². The molecule has 0 amide bonds. The third-order valence-corrected chi connectivity index (χ3v) is 5.73. The first-order valence-electron chi connectivity index (χ1n) is 10.9. The zero-order valence-electron chi connectivity index (χ0n) is 19.5. The van der Waals surface area contributed by atoms with Crippen LogP contribution in [0.15, 0.2) is 18.2 Å². The molecule has 0 spiro atoms. The number of halogens is 5. The van der Waals surface area contributed by atoms with Gasteiger partial charge >= 0.3 is 18.1 Å². The molecule has 194 valence electrons. The molecule has 2 heterocycles. The first-order chi connectivity index (χ1) is 16.8. The number of aryl methyl sites for hydroxylation is 3. The molecule has 2 N–H and O–H groups in total. The second-order valence-corrected chi connectivity index (χ2v) is 8.30. The fourth-order valence-electron chi connectivity index (χ4n) is 3.88. The third-order valence-electron chi connectivity index (χ3n) is 5.73. The first kappa shape index (κ1) is 26.9. The predicted octanol–water partition coefficient (Wildman–Crippen LogP) is 5.58. The number of carbonyl (C=O) groups is 2. The van der Waals surface area contributed by atoms with Gasteiger partial charge < -0.3 is 14.9 Å². The maximum Gasteiger partial charge on any atom is 0.490 e. The van der Waals surface area contributed by atoms with E-state index in [1.165, 1.54) is 12.1 Å². The number of aromatic nitrogens is 2. The largest absolute Gasteiger partial charge is 0.490 e. The van der Waals surface area contributed by atoms with Crippen molar-refractivity contribution in [1.82, 2.24) is 9.38 Å². The first-order valence-corrected chi connectivity index (χ1v) is 10.9. The summed E-state index contributed by atoms with van der Waals surface area (Å²) in [6.45, 7) is 5.10. The Bertz CT molecular complexity index is 1330. The molecule has 0 bridgehead atoms. The average Bonchev–Trinajstić information content (AvgIpc) is 3.54. The van der Waals surface area contributed by atoms with Crippen molar-refractivity contribution in [3.8, 4) is 5.75 Å². The van der Waals surface area contributed by atoms with E-state index < -0.39 is 29.7 Å². The van der Waals surface area contributed by atoms with Gasteiger partial charge in [-0.15, -0.1) is 0 Å². The highest BCUT2D eigenvalue weighted by molar-refractivity contribution is 5.89. The number of aromatic carboxylic acids is 1. The van der Waals surface area contributed by atoms with Gasteiger partial charge in [-0.2, -0.15) is 13.2 Å². The van der Waals surface area contributed by atoms with E-state index >= 15 is 0 Å². The lowest BCUT2D eigenvalue weighted by atomic mass is 10.1. The maximum atomic E-state index is 14.8. The van der Waals surface area contributed by atoms with Crippen LogP contribution < -0.4 is 4.74 Å². The summed E-state index contributed by atoms with van der Waals surface area (Å²) in [6, 6.07) is 4.52. The second kappa shape index (κ2) is 10.1. The van der Waals surface area contributed by atoms with Crippen LogP contribution in [0.25, 0.3) is 5.65 Å². The molecule has 0 unspecified atom stereocenters. The van der Waals surface area contributed by atoms with Crippen molar-refractivity contribution in [2.24, 2.45) is 0 Å². The van der Waals surface area contributed by atoms with Crippen molar-refractivity contribution in [2.45, 2.75) is 58.7 Å². The van der Waals surface area contributed by atoms with Crippen molar-refractivity contribution in [1.29, 1.82) is 0 Å². The van der Waals surface area contributed by atoms with Crippen LogP contribution in [0.2, 0.25) is 0 Å². The average molecular weight is 514 g/mol. The molecule has 4 rings (SSSR count). The highest BCUT2D eigenvalue weighted by atomic mass is 19.4. The number of pyridine rings is 1. The number of carboxylic acids is 2. The molecule has 3 aromatic rings. The van der Waals surface area contributed by atoms with Crippen molar-refractivity contribution >= 4 is 17.6 Å². The molecule has 1 fully saturated rings. The number of fused-ring (bicyclic) bond motifs is 1. The van der Waals surface area contributed by atoms with Crippen LogP contribution >= 0.6 is 0 Å². The SMILES string of the molecule is CCc1c(C)cc(OCc2c(F)ccc(C3CC3)c2F)c2nc(C)c(C(=O)O)n12.O=C(O)C(F)(F)F. The number of benzene rings is 1. The molecule has 2 aromatic heterocycles. The van der Waals surface area contributed by atoms with Gasteiger partial charge in [0.2, 0.25) is 0 Å². The summed E-state index contributed by atoms with van der Waals surface area (Å²) >= 11 is 0. The number of hydrogen-bond donors (Lipinski definition) is 2. The summed E-state index contributed by atoms with van der Waals surface area (Å²) in [5.41, 5.74) is 2.79. The minimum absolute atomic E-state index is 0.0680. The molecule has 0 saturated heterocycles. The number of alkyl halides is 3. The van der Waals surface area contributed by atoms with Gasteiger partial charge in [-0.05, 0) is 62.3 Å². The smallest absolute Gasteiger partial charge is 0.485 e. The number of hydrogen-bond acceptors (Lipinski definition) is 4. The number of ether oxygens (including phenoxy) is 1. The molecule has 0 radical (unpaired) electrons. The van der Waals surface area contributed by atoms with E-state index in [-0.39, 0.29) is 23.8 Å². The molecule has 1 aliphatic carbocycles. The molecule has 0 aliphatic heterocycles. The van der Waals surface area contributed by atoms with Gasteiger partial charge in [-0.3, -0.25) is 4.40 Å². The maximum absolute atomic E-state index is 14.8. The van der Waals surface area contributed by atoms with Crippen LogP contribution in [0.3, 0.4) is 0 Å².